The van der Waals surface area contributed by atoms with Crippen LogP contribution < -0.4 is 0 Å². The molecule has 5 heteroatoms. The topological polar surface area (TPSA) is 32.7 Å². The molecule has 1 saturated heterocycles. The summed E-state index contributed by atoms with van der Waals surface area (Å²) >= 11 is 7.36. The molecule has 1 aromatic heterocycles. The molecule has 0 aromatic carbocycles. The van der Waals surface area contributed by atoms with E-state index in [2.05, 4.69) is 18.7 Å². The maximum absolute atomic E-state index is 10.5. The smallest absolute Gasteiger partial charge is 0.106 e. The highest BCUT2D eigenvalue weighted by Crippen LogP contribution is 2.36. The Bertz CT molecular complexity index is 374. The third-order valence-electron chi connectivity index (χ3n) is 3.36. The van der Waals surface area contributed by atoms with Gasteiger partial charge in [0.05, 0.1) is 17.6 Å². The van der Waals surface area contributed by atoms with Crippen LogP contribution in [-0.4, -0.2) is 41.8 Å². The summed E-state index contributed by atoms with van der Waals surface area (Å²) < 4.78 is 6.06. The van der Waals surface area contributed by atoms with Crippen molar-refractivity contribution in [3.63, 3.8) is 0 Å². The van der Waals surface area contributed by atoms with Crippen molar-refractivity contribution in [1.82, 2.24) is 4.90 Å². The fraction of sp³-hybridized carbons (Fsp3) is 0.667. The van der Waals surface area contributed by atoms with Gasteiger partial charge in [-0.2, -0.15) is 0 Å². The lowest BCUT2D eigenvalue weighted by Gasteiger charge is -2.43. The van der Waals surface area contributed by atoms with E-state index in [4.69, 9.17) is 16.3 Å². The van der Waals surface area contributed by atoms with E-state index in [9.17, 15) is 5.11 Å². The van der Waals surface area contributed by atoms with E-state index in [1.165, 1.54) is 11.3 Å². The number of hydrogen-bond acceptors (Lipinski definition) is 4. The third kappa shape index (κ3) is 2.83. The molecule has 0 bridgehead atoms. The van der Waals surface area contributed by atoms with Crippen LogP contribution in [0, 0.1) is 0 Å². The first-order valence-electron chi connectivity index (χ1n) is 5.78. The number of rotatable bonds is 3. The number of nitrogens with zero attached hydrogens (tertiary/aromatic N) is 1. The van der Waals surface area contributed by atoms with Gasteiger partial charge in [-0.15, -0.1) is 11.3 Å². The van der Waals surface area contributed by atoms with Crippen molar-refractivity contribution in [1.29, 1.82) is 0 Å². The molecule has 2 rings (SSSR count). The fourth-order valence-corrected chi connectivity index (χ4v) is 3.36. The second-order valence-electron chi connectivity index (χ2n) is 4.80. The highest BCUT2D eigenvalue weighted by Gasteiger charge is 2.36. The van der Waals surface area contributed by atoms with Crippen molar-refractivity contribution in [3.8, 4) is 0 Å². The molecule has 0 radical (unpaired) electrons. The first-order valence-corrected chi connectivity index (χ1v) is 6.97. The predicted molar refractivity (Wildman–Crippen MR) is 70.8 cm³/mol. The average Bonchev–Trinajstić information content (AvgIpc) is 2.76. The Labute approximate surface area is 111 Å². The van der Waals surface area contributed by atoms with Crippen LogP contribution in [0.25, 0.3) is 0 Å². The zero-order valence-electron chi connectivity index (χ0n) is 10.1. The van der Waals surface area contributed by atoms with Gasteiger partial charge >= 0.3 is 0 Å². The van der Waals surface area contributed by atoms with Crippen molar-refractivity contribution in [2.75, 3.05) is 26.3 Å². The Morgan fingerprint density at radius 2 is 2.06 bits per heavy atom. The lowest BCUT2D eigenvalue weighted by Crippen LogP contribution is -2.53. The second-order valence-corrected chi connectivity index (χ2v) is 6.54. The van der Waals surface area contributed by atoms with Crippen molar-refractivity contribution in [2.45, 2.75) is 25.5 Å². The van der Waals surface area contributed by atoms with Gasteiger partial charge in [0.25, 0.3) is 0 Å². The SMILES string of the molecule is CC(C)(C(O)c1ccc(Cl)s1)N1CCOCC1. The van der Waals surface area contributed by atoms with Gasteiger partial charge in [0, 0.05) is 23.5 Å². The highest BCUT2D eigenvalue weighted by atomic mass is 35.5. The molecular formula is C12H18ClNO2S. The van der Waals surface area contributed by atoms with Gasteiger partial charge in [0.15, 0.2) is 0 Å². The molecule has 0 aliphatic carbocycles. The molecule has 1 fully saturated rings. The van der Waals surface area contributed by atoms with Crippen molar-refractivity contribution < 1.29 is 9.84 Å². The van der Waals surface area contributed by atoms with Gasteiger partial charge in [-0.1, -0.05) is 11.6 Å². The number of hydrogen-bond donors (Lipinski definition) is 1. The van der Waals surface area contributed by atoms with E-state index in [1.807, 2.05) is 12.1 Å². The Hall–Kier alpha value is -0.130. The normalized spacial score (nSPS) is 20.5. The van der Waals surface area contributed by atoms with Gasteiger partial charge in [0.1, 0.15) is 6.10 Å². The molecular weight excluding hydrogens is 258 g/mol. The monoisotopic (exact) mass is 275 g/mol. The lowest BCUT2D eigenvalue weighted by molar-refractivity contribution is -0.0619. The van der Waals surface area contributed by atoms with Crippen LogP contribution in [0.5, 0.6) is 0 Å². The van der Waals surface area contributed by atoms with Crippen molar-refractivity contribution in [3.05, 3.63) is 21.3 Å². The van der Waals surface area contributed by atoms with Crippen LogP contribution in [0.3, 0.4) is 0 Å². The summed E-state index contributed by atoms with van der Waals surface area (Å²) in [5.41, 5.74) is -0.294. The molecule has 1 N–H and O–H groups in total. The molecule has 1 aliphatic heterocycles. The fourth-order valence-electron chi connectivity index (χ4n) is 2.14. The molecule has 1 unspecified atom stereocenters. The summed E-state index contributed by atoms with van der Waals surface area (Å²) in [5.74, 6) is 0. The molecule has 0 saturated carbocycles. The lowest BCUT2D eigenvalue weighted by atomic mass is 9.93. The number of ether oxygens (including phenoxy) is 1. The molecule has 3 nitrogen and oxygen atoms in total. The van der Waals surface area contributed by atoms with Crippen LogP contribution >= 0.6 is 22.9 Å². The molecule has 1 aromatic rings. The third-order valence-corrected chi connectivity index (χ3v) is 4.64. The first-order chi connectivity index (χ1) is 8.01. The van der Waals surface area contributed by atoms with Crippen LogP contribution in [0.4, 0.5) is 0 Å². The first kappa shape index (κ1) is 13.3. The minimum atomic E-state index is -0.516. The van der Waals surface area contributed by atoms with Gasteiger partial charge < -0.3 is 9.84 Å². The van der Waals surface area contributed by atoms with E-state index in [-0.39, 0.29) is 5.54 Å². The van der Waals surface area contributed by atoms with E-state index in [0.717, 1.165) is 35.5 Å². The summed E-state index contributed by atoms with van der Waals surface area (Å²) in [4.78, 5) is 3.20. The van der Waals surface area contributed by atoms with Crippen molar-refractivity contribution >= 4 is 22.9 Å². The van der Waals surface area contributed by atoms with E-state index in [1.54, 1.807) is 0 Å². The maximum atomic E-state index is 10.5. The number of morpholine rings is 1. The summed E-state index contributed by atoms with van der Waals surface area (Å²) in [7, 11) is 0. The van der Waals surface area contributed by atoms with Gasteiger partial charge in [-0.25, -0.2) is 0 Å². The van der Waals surface area contributed by atoms with Gasteiger partial charge in [-0.3, -0.25) is 4.90 Å². The number of thiophene rings is 1. The average molecular weight is 276 g/mol. The maximum Gasteiger partial charge on any atom is 0.106 e. The number of aliphatic hydroxyl groups is 1. The quantitative estimate of drug-likeness (QED) is 0.920. The predicted octanol–water partition coefficient (Wildman–Crippen LogP) is 2.55. The summed E-state index contributed by atoms with van der Waals surface area (Å²) in [6, 6.07) is 3.74. The standard InChI is InChI=1S/C12H18ClNO2S/c1-12(2,14-5-7-16-8-6-14)11(15)9-3-4-10(13)17-9/h3-4,11,15H,5-8H2,1-2H3. The zero-order chi connectivity index (χ0) is 12.5. The molecule has 17 heavy (non-hydrogen) atoms. The minimum Gasteiger partial charge on any atom is -0.386 e. The Morgan fingerprint density at radius 1 is 1.41 bits per heavy atom. The molecule has 0 spiro atoms. The Balaban J connectivity index is 2.13. The number of aliphatic hydroxyl groups excluding tert-OH is 1. The molecule has 0 amide bonds. The zero-order valence-corrected chi connectivity index (χ0v) is 11.7. The van der Waals surface area contributed by atoms with E-state index in [0.29, 0.717) is 0 Å². The van der Waals surface area contributed by atoms with Crippen molar-refractivity contribution in [2.24, 2.45) is 0 Å². The molecule has 2 heterocycles. The largest absolute Gasteiger partial charge is 0.386 e. The highest BCUT2D eigenvalue weighted by molar-refractivity contribution is 7.16. The number of halogens is 1. The van der Waals surface area contributed by atoms with Gasteiger partial charge in [0.2, 0.25) is 0 Å². The Morgan fingerprint density at radius 3 is 2.59 bits per heavy atom. The molecule has 1 aliphatic rings. The van der Waals surface area contributed by atoms with Gasteiger partial charge in [-0.05, 0) is 26.0 Å². The van der Waals surface area contributed by atoms with E-state index >= 15 is 0 Å². The summed E-state index contributed by atoms with van der Waals surface area (Å²) in [6.45, 7) is 7.34. The van der Waals surface area contributed by atoms with Crippen LogP contribution in [0.15, 0.2) is 12.1 Å². The second kappa shape index (κ2) is 5.24. The summed E-state index contributed by atoms with van der Waals surface area (Å²) in [6.07, 6.45) is -0.516. The molecule has 1 atom stereocenters. The van der Waals surface area contributed by atoms with Crippen LogP contribution in [0.2, 0.25) is 4.34 Å². The van der Waals surface area contributed by atoms with Crippen LogP contribution in [-0.2, 0) is 4.74 Å². The Kier molecular flexibility index (Phi) is 4.10. The van der Waals surface area contributed by atoms with Crippen LogP contribution in [0.1, 0.15) is 24.8 Å². The minimum absolute atomic E-state index is 0.294. The van der Waals surface area contributed by atoms with E-state index < -0.39 is 6.10 Å². The molecule has 96 valence electrons. The summed E-state index contributed by atoms with van der Waals surface area (Å²) in [5, 5.41) is 10.5.